The fourth-order valence-electron chi connectivity index (χ4n) is 2.99. The van der Waals surface area contributed by atoms with E-state index in [0.29, 0.717) is 0 Å². The number of nitrogens with zero attached hydrogens (tertiary/aromatic N) is 2. The van der Waals surface area contributed by atoms with Gasteiger partial charge < -0.3 is 19.7 Å². The minimum absolute atomic E-state index is 0.0251. The Morgan fingerprint density at radius 1 is 1.43 bits per heavy atom. The van der Waals surface area contributed by atoms with Crippen LogP contribution in [0.3, 0.4) is 0 Å². The zero-order valence-corrected chi connectivity index (χ0v) is 16.1. The maximum Gasteiger partial charge on any atom is 0.412 e. The molecule has 1 saturated heterocycles. The maximum absolute atomic E-state index is 12.8. The first-order valence-corrected chi connectivity index (χ1v) is 9.51. The summed E-state index contributed by atoms with van der Waals surface area (Å²) in [7, 11) is 0. The highest BCUT2D eigenvalue weighted by molar-refractivity contribution is 5.83. The highest BCUT2D eigenvalue weighted by Crippen LogP contribution is 2.28. The molecule has 0 spiro atoms. The van der Waals surface area contributed by atoms with Crippen LogP contribution in [0.1, 0.15) is 45.8 Å². The van der Waals surface area contributed by atoms with Gasteiger partial charge in [0.1, 0.15) is 30.8 Å². The molecule has 3 unspecified atom stereocenters. The summed E-state index contributed by atoms with van der Waals surface area (Å²) in [5.74, 6) is 0.255. The number of aromatic nitrogens is 2. The molecule has 0 bridgehead atoms. The summed E-state index contributed by atoms with van der Waals surface area (Å²) < 4.78 is 24.1. The van der Waals surface area contributed by atoms with E-state index >= 15 is 0 Å². The highest BCUT2D eigenvalue weighted by Gasteiger charge is 2.44. The fourth-order valence-corrected chi connectivity index (χ4v) is 2.99. The predicted octanol–water partition coefficient (Wildman–Crippen LogP) is 1.60. The number of anilines is 1. The molecule has 1 aliphatic rings. The van der Waals surface area contributed by atoms with Crippen molar-refractivity contribution in [1.82, 2.24) is 9.55 Å². The van der Waals surface area contributed by atoms with Gasteiger partial charge in [0.05, 0.1) is 6.61 Å². The molecule has 1 aromatic rings. The number of halogens is 1. The number of unbranched alkanes of at least 4 members (excludes halogenated alkanes) is 1. The Kier molecular flexibility index (Phi) is 8.34. The molecule has 1 amide bonds. The summed E-state index contributed by atoms with van der Waals surface area (Å²) >= 11 is 0. The van der Waals surface area contributed by atoms with E-state index in [1.54, 1.807) is 0 Å². The van der Waals surface area contributed by atoms with Gasteiger partial charge in [0.2, 0.25) is 0 Å². The lowest BCUT2D eigenvalue weighted by atomic mass is 10.0. The van der Waals surface area contributed by atoms with Crippen molar-refractivity contribution in [2.45, 2.75) is 64.1 Å². The van der Waals surface area contributed by atoms with E-state index in [4.69, 9.17) is 9.47 Å². The Morgan fingerprint density at radius 3 is 2.75 bits per heavy atom. The molecule has 0 radical (unpaired) electrons. The molecule has 2 rings (SSSR count). The van der Waals surface area contributed by atoms with E-state index in [9.17, 15) is 24.2 Å². The molecule has 3 N–H and O–H groups in total. The lowest BCUT2D eigenvalue weighted by molar-refractivity contribution is -0.0453. The number of hydrogen-bond donors (Lipinski definition) is 3. The minimum atomic E-state index is -1.47. The number of hydrogen-bond acceptors (Lipinski definition) is 7. The van der Waals surface area contributed by atoms with Gasteiger partial charge >= 0.3 is 11.8 Å². The van der Waals surface area contributed by atoms with Gasteiger partial charge in [-0.25, -0.2) is 14.0 Å². The third-order valence-electron chi connectivity index (χ3n) is 4.82. The van der Waals surface area contributed by atoms with Gasteiger partial charge in [0.25, 0.3) is 0 Å². The summed E-state index contributed by atoms with van der Waals surface area (Å²) in [6, 6.07) is 1.32. The highest BCUT2D eigenvalue weighted by atomic mass is 19.1. The van der Waals surface area contributed by atoms with Crippen LogP contribution < -0.4 is 11.0 Å². The van der Waals surface area contributed by atoms with Gasteiger partial charge in [-0.2, -0.15) is 4.98 Å². The van der Waals surface area contributed by atoms with Crippen molar-refractivity contribution in [1.29, 1.82) is 0 Å². The average molecular weight is 401 g/mol. The van der Waals surface area contributed by atoms with E-state index in [1.807, 2.05) is 6.92 Å². The molecule has 1 aliphatic heterocycles. The first-order valence-electron chi connectivity index (χ1n) is 9.51. The Morgan fingerprint density at radius 2 is 2.18 bits per heavy atom. The second-order valence-electron chi connectivity index (χ2n) is 6.84. The quantitative estimate of drug-likeness (QED) is 0.574. The van der Waals surface area contributed by atoms with Gasteiger partial charge in [-0.1, -0.05) is 33.1 Å². The molecule has 28 heavy (non-hydrogen) atoms. The smallest absolute Gasteiger partial charge is 0.412 e. The zero-order valence-electron chi connectivity index (χ0n) is 16.1. The molecule has 2 heterocycles. The SMILES string of the molecule is CCCCC(CC)COC(=O)Nc1ccn([C@@H]2O[C@H](CF)C(O)C2O)c(=O)n1. The monoisotopic (exact) mass is 401 g/mol. The van der Waals surface area contributed by atoms with Gasteiger partial charge in [-0.05, 0) is 18.4 Å². The molecular weight excluding hydrogens is 373 g/mol. The third kappa shape index (κ3) is 5.49. The standard InChI is InChI=1S/C18H28FN3O6/c1-3-5-6-11(4-2)10-27-18(26)21-13-7-8-22(17(25)20-13)16-15(24)14(23)12(9-19)28-16/h7-8,11-12,14-16,23-24H,3-6,9-10H2,1-2H3,(H,20,21,25,26)/t11?,12-,14?,15?,16-/m1/s1. The van der Waals surface area contributed by atoms with Gasteiger partial charge in [-0.3, -0.25) is 9.88 Å². The van der Waals surface area contributed by atoms with Crippen LogP contribution in [-0.4, -0.2) is 57.5 Å². The van der Waals surface area contributed by atoms with Crippen LogP contribution in [0.2, 0.25) is 0 Å². The summed E-state index contributed by atoms with van der Waals surface area (Å²) in [5.41, 5.74) is -0.831. The fraction of sp³-hybridized carbons (Fsp3) is 0.722. The van der Waals surface area contributed by atoms with E-state index in [-0.39, 0.29) is 18.3 Å². The van der Waals surface area contributed by atoms with Crippen molar-refractivity contribution in [3.05, 3.63) is 22.7 Å². The molecule has 5 atom stereocenters. The molecule has 158 valence electrons. The number of aliphatic hydroxyl groups excluding tert-OH is 2. The van der Waals surface area contributed by atoms with E-state index < -0.39 is 43.0 Å². The molecular formula is C18H28FN3O6. The third-order valence-corrected chi connectivity index (χ3v) is 4.82. The molecule has 0 saturated carbocycles. The Hall–Kier alpha value is -2.04. The first-order chi connectivity index (χ1) is 13.4. The predicted molar refractivity (Wildman–Crippen MR) is 98.7 cm³/mol. The van der Waals surface area contributed by atoms with Crippen molar-refractivity contribution in [2.75, 3.05) is 18.6 Å². The number of alkyl halides is 1. The summed E-state index contributed by atoms with van der Waals surface area (Å²) in [6.45, 7) is 3.42. The number of carbonyl (C=O) groups is 1. The van der Waals surface area contributed by atoms with Crippen molar-refractivity contribution in [3.8, 4) is 0 Å². The second kappa shape index (κ2) is 10.5. The number of ether oxygens (including phenoxy) is 2. The maximum atomic E-state index is 12.8. The number of aliphatic hydroxyl groups is 2. The first kappa shape index (κ1) is 22.3. The number of amides is 1. The van der Waals surface area contributed by atoms with Gasteiger partial charge in [0.15, 0.2) is 6.23 Å². The second-order valence-corrected chi connectivity index (χ2v) is 6.84. The van der Waals surface area contributed by atoms with E-state index in [0.717, 1.165) is 30.3 Å². The van der Waals surface area contributed by atoms with Crippen LogP contribution in [0, 0.1) is 5.92 Å². The minimum Gasteiger partial charge on any atom is -0.449 e. The van der Waals surface area contributed by atoms with Gasteiger partial charge in [-0.15, -0.1) is 0 Å². The summed E-state index contributed by atoms with van der Waals surface area (Å²) in [4.78, 5) is 27.8. The van der Waals surface area contributed by atoms with Crippen molar-refractivity contribution in [3.63, 3.8) is 0 Å². The van der Waals surface area contributed by atoms with E-state index in [2.05, 4.69) is 17.2 Å². The van der Waals surface area contributed by atoms with Crippen molar-refractivity contribution >= 4 is 11.9 Å². The normalized spacial score (nSPS) is 25.5. The Bertz CT molecular complexity index is 700. The van der Waals surface area contributed by atoms with Crippen LogP contribution in [0.25, 0.3) is 0 Å². The molecule has 1 fully saturated rings. The summed E-state index contributed by atoms with van der Waals surface area (Å²) in [6.07, 6.45) is -0.874. The molecule has 9 nitrogen and oxygen atoms in total. The van der Waals surface area contributed by atoms with Crippen molar-refractivity contribution < 1.29 is 28.9 Å². The zero-order chi connectivity index (χ0) is 20.7. The lowest BCUT2D eigenvalue weighted by Crippen LogP contribution is -2.36. The largest absolute Gasteiger partial charge is 0.449 e. The molecule has 0 aromatic carbocycles. The molecule has 10 heteroatoms. The van der Waals surface area contributed by atoms with Crippen LogP contribution in [-0.2, 0) is 9.47 Å². The van der Waals surface area contributed by atoms with Gasteiger partial charge in [0, 0.05) is 6.20 Å². The van der Waals surface area contributed by atoms with Crippen molar-refractivity contribution in [2.24, 2.45) is 5.92 Å². The average Bonchev–Trinajstić information content (AvgIpc) is 2.96. The van der Waals surface area contributed by atoms with Crippen LogP contribution in [0.4, 0.5) is 15.0 Å². The Labute approximate surface area is 162 Å². The van der Waals surface area contributed by atoms with Crippen LogP contribution >= 0.6 is 0 Å². The number of nitrogens with one attached hydrogen (secondary N) is 1. The summed E-state index contributed by atoms with van der Waals surface area (Å²) in [5, 5.41) is 22.0. The van der Waals surface area contributed by atoms with E-state index in [1.165, 1.54) is 12.3 Å². The molecule has 0 aliphatic carbocycles. The molecule has 1 aromatic heterocycles. The lowest BCUT2D eigenvalue weighted by Gasteiger charge is -2.17. The Balaban J connectivity index is 1.95. The number of carbonyl (C=O) groups excluding carboxylic acids is 1. The van der Waals surface area contributed by atoms with Crippen LogP contribution in [0.15, 0.2) is 17.1 Å². The van der Waals surface area contributed by atoms with Crippen LogP contribution in [0.5, 0.6) is 0 Å². The topological polar surface area (TPSA) is 123 Å². The number of rotatable bonds is 9.